The number of hydrogen-bond acceptors (Lipinski definition) is 3. The maximum absolute atomic E-state index is 9.68. The van der Waals surface area contributed by atoms with Gasteiger partial charge in [-0.15, -0.1) is 0 Å². The van der Waals surface area contributed by atoms with Gasteiger partial charge < -0.3 is 10.4 Å². The van der Waals surface area contributed by atoms with Gasteiger partial charge in [0, 0.05) is 23.7 Å². The van der Waals surface area contributed by atoms with Crippen LogP contribution in [-0.2, 0) is 6.42 Å². The molecule has 0 aliphatic carbocycles. The van der Waals surface area contributed by atoms with E-state index in [1.165, 1.54) is 5.56 Å². The Labute approximate surface area is 117 Å². The molecule has 20 heavy (non-hydrogen) atoms. The average Bonchev–Trinajstić information content (AvgIpc) is 2.48. The van der Waals surface area contributed by atoms with E-state index in [0.29, 0.717) is 0 Å². The highest BCUT2D eigenvalue weighted by Gasteiger charge is 2.04. The van der Waals surface area contributed by atoms with Crippen LogP contribution in [0.15, 0.2) is 60.7 Å². The molecule has 0 unspecified atom stereocenters. The van der Waals surface area contributed by atoms with Crippen molar-refractivity contribution < 1.29 is 5.11 Å². The lowest BCUT2D eigenvalue weighted by molar-refractivity contribution is 0.456. The molecular formula is C17H16N2O. The zero-order valence-electron chi connectivity index (χ0n) is 11.1. The zero-order valence-corrected chi connectivity index (χ0v) is 11.1. The molecule has 2 N–H and O–H groups in total. The van der Waals surface area contributed by atoms with E-state index >= 15 is 0 Å². The number of aromatic hydroxyl groups is 1. The summed E-state index contributed by atoms with van der Waals surface area (Å²) < 4.78 is 0. The minimum atomic E-state index is 0.0471. The smallest absolute Gasteiger partial charge is 0.213 e. The van der Waals surface area contributed by atoms with E-state index in [0.717, 1.165) is 29.6 Å². The van der Waals surface area contributed by atoms with Gasteiger partial charge in [0.05, 0.1) is 5.52 Å². The van der Waals surface area contributed by atoms with Crippen LogP contribution in [0.25, 0.3) is 10.9 Å². The predicted octanol–water partition coefficient (Wildman–Crippen LogP) is 3.60. The second-order valence-electron chi connectivity index (χ2n) is 4.71. The molecule has 0 aliphatic rings. The van der Waals surface area contributed by atoms with E-state index in [-0.39, 0.29) is 5.88 Å². The molecule has 1 aromatic heterocycles. The molecule has 0 spiro atoms. The van der Waals surface area contributed by atoms with Crippen LogP contribution in [0.4, 0.5) is 5.69 Å². The number of fused-ring (bicyclic) bond motifs is 1. The van der Waals surface area contributed by atoms with E-state index in [1.54, 1.807) is 6.07 Å². The van der Waals surface area contributed by atoms with Gasteiger partial charge in [-0.3, -0.25) is 0 Å². The fourth-order valence-corrected chi connectivity index (χ4v) is 2.29. The first kappa shape index (κ1) is 12.5. The highest BCUT2D eigenvalue weighted by molar-refractivity contribution is 5.91. The van der Waals surface area contributed by atoms with Gasteiger partial charge in [0.1, 0.15) is 0 Å². The van der Waals surface area contributed by atoms with E-state index in [2.05, 4.69) is 22.4 Å². The lowest BCUT2D eigenvalue weighted by atomic mass is 10.1. The van der Waals surface area contributed by atoms with Crippen molar-refractivity contribution in [2.24, 2.45) is 0 Å². The van der Waals surface area contributed by atoms with Gasteiger partial charge in [0.25, 0.3) is 0 Å². The summed E-state index contributed by atoms with van der Waals surface area (Å²) in [5.74, 6) is 0.0471. The molecule has 0 fully saturated rings. The summed E-state index contributed by atoms with van der Waals surface area (Å²) in [5, 5.41) is 14.1. The average molecular weight is 264 g/mol. The number of anilines is 1. The molecule has 0 saturated carbocycles. The van der Waals surface area contributed by atoms with Gasteiger partial charge in [-0.1, -0.05) is 48.5 Å². The van der Waals surface area contributed by atoms with Crippen molar-refractivity contribution in [3.8, 4) is 5.88 Å². The van der Waals surface area contributed by atoms with Gasteiger partial charge >= 0.3 is 0 Å². The SMILES string of the molecule is Oc1cc(NCCc2ccccc2)c2ccccc2n1. The number of para-hydroxylation sites is 1. The number of nitrogens with one attached hydrogen (secondary N) is 1. The highest BCUT2D eigenvalue weighted by Crippen LogP contribution is 2.25. The Morgan fingerprint density at radius 3 is 2.55 bits per heavy atom. The first-order valence-electron chi connectivity index (χ1n) is 6.69. The minimum Gasteiger partial charge on any atom is -0.493 e. The second kappa shape index (κ2) is 5.61. The summed E-state index contributed by atoms with van der Waals surface area (Å²) in [6.45, 7) is 0.817. The van der Waals surface area contributed by atoms with Crippen LogP contribution in [-0.4, -0.2) is 16.6 Å². The normalized spacial score (nSPS) is 10.6. The Balaban J connectivity index is 1.77. The van der Waals surface area contributed by atoms with Crippen molar-refractivity contribution in [1.29, 1.82) is 0 Å². The topological polar surface area (TPSA) is 45.1 Å². The Bertz CT molecular complexity index is 711. The van der Waals surface area contributed by atoms with Gasteiger partial charge in [-0.2, -0.15) is 0 Å². The number of nitrogens with zero attached hydrogens (tertiary/aromatic N) is 1. The first-order chi connectivity index (χ1) is 9.83. The van der Waals surface area contributed by atoms with Crippen LogP contribution in [0.2, 0.25) is 0 Å². The van der Waals surface area contributed by atoms with Gasteiger partial charge in [-0.25, -0.2) is 4.98 Å². The predicted molar refractivity (Wildman–Crippen MR) is 82.0 cm³/mol. The quantitative estimate of drug-likeness (QED) is 0.757. The fraction of sp³-hybridized carbons (Fsp3) is 0.118. The van der Waals surface area contributed by atoms with Crippen molar-refractivity contribution >= 4 is 16.6 Å². The lowest BCUT2D eigenvalue weighted by Crippen LogP contribution is -2.05. The molecule has 3 rings (SSSR count). The number of benzene rings is 2. The molecule has 0 amide bonds. The number of pyridine rings is 1. The minimum absolute atomic E-state index is 0.0471. The standard InChI is InChI=1S/C17H16N2O/c20-17-12-16(14-8-4-5-9-15(14)19-17)18-11-10-13-6-2-1-3-7-13/h1-9,12H,10-11H2,(H2,18,19,20). The summed E-state index contributed by atoms with van der Waals surface area (Å²) in [6.07, 6.45) is 0.943. The third kappa shape index (κ3) is 2.72. The summed E-state index contributed by atoms with van der Waals surface area (Å²) in [5.41, 5.74) is 3.02. The molecular weight excluding hydrogens is 248 g/mol. The van der Waals surface area contributed by atoms with Crippen molar-refractivity contribution in [3.63, 3.8) is 0 Å². The van der Waals surface area contributed by atoms with E-state index in [1.807, 2.05) is 42.5 Å². The summed E-state index contributed by atoms with van der Waals surface area (Å²) in [4.78, 5) is 4.12. The second-order valence-corrected chi connectivity index (χ2v) is 4.71. The molecule has 3 aromatic rings. The van der Waals surface area contributed by atoms with Crippen molar-refractivity contribution in [1.82, 2.24) is 4.98 Å². The molecule has 0 aliphatic heterocycles. The number of rotatable bonds is 4. The van der Waals surface area contributed by atoms with Crippen molar-refractivity contribution in [2.45, 2.75) is 6.42 Å². The molecule has 3 heteroatoms. The largest absolute Gasteiger partial charge is 0.493 e. The van der Waals surface area contributed by atoms with E-state index in [4.69, 9.17) is 0 Å². The molecule has 1 heterocycles. The van der Waals surface area contributed by atoms with Crippen LogP contribution in [0.5, 0.6) is 5.88 Å². The maximum Gasteiger partial charge on any atom is 0.213 e. The van der Waals surface area contributed by atoms with Crippen molar-refractivity contribution in [2.75, 3.05) is 11.9 Å². The fourth-order valence-electron chi connectivity index (χ4n) is 2.29. The Morgan fingerprint density at radius 2 is 1.70 bits per heavy atom. The summed E-state index contributed by atoms with van der Waals surface area (Å²) in [7, 11) is 0. The van der Waals surface area contributed by atoms with Crippen molar-refractivity contribution in [3.05, 3.63) is 66.2 Å². The number of hydrogen-bond donors (Lipinski definition) is 2. The molecule has 2 aromatic carbocycles. The Morgan fingerprint density at radius 1 is 0.950 bits per heavy atom. The number of aromatic nitrogens is 1. The lowest BCUT2D eigenvalue weighted by Gasteiger charge is -2.10. The van der Waals surface area contributed by atoms with Crippen LogP contribution >= 0.6 is 0 Å². The van der Waals surface area contributed by atoms with E-state index in [9.17, 15) is 5.11 Å². The molecule has 0 radical (unpaired) electrons. The zero-order chi connectivity index (χ0) is 13.8. The molecule has 0 bridgehead atoms. The first-order valence-corrected chi connectivity index (χ1v) is 6.69. The van der Waals surface area contributed by atoms with E-state index < -0.39 is 0 Å². The van der Waals surface area contributed by atoms with Gasteiger partial charge in [0.15, 0.2) is 0 Å². The van der Waals surface area contributed by atoms with Gasteiger partial charge in [0.2, 0.25) is 5.88 Å². The van der Waals surface area contributed by atoms with Crippen LogP contribution in [0, 0.1) is 0 Å². The third-order valence-electron chi connectivity index (χ3n) is 3.27. The Kier molecular flexibility index (Phi) is 3.50. The highest BCUT2D eigenvalue weighted by atomic mass is 16.3. The van der Waals surface area contributed by atoms with Crippen LogP contribution in [0.1, 0.15) is 5.56 Å². The summed E-state index contributed by atoms with van der Waals surface area (Å²) in [6, 6.07) is 19.8. The Hall–Kier alpha value is -2.55. The molecule has 100 valence electrons. The molecule has 3 nitrogen and oxygen atoms in total. The maximum atomic E-state index is 9.68. The molecule has 0 saturated heterocycles. The van der Waals surface area contributed by atoms with Crippen LogP contribution < -0.4 is 5.32 Å². The van der Waals surface area contributed by atoms with Gasteiger partial charge in [-0.05, 0) is 18.1 Å². The third-order valence-corrected chi connectivity index (χ3v) is 3.27. The summed E-state index contributed by atoms with van der Waals surface area (Å²) >= 11 is 0. The van der Waals surface area contributed by atoms with Crippen LogP contribution in [0.3, 0.4) is 0 Å². The monoisotopic (exact) mass is 264 g/mol. The molecule has 0 atom stereocenters.